The van der Waals surface area contributed by atoms with Gasteiger partial charge in [0.25, 0.3) is 0 Å². The molecule has 0 amide bonds. The smallest absolute Gasteiger partial charge is 0.116 e. The molecule has 0 saturated heterocycles. The standard InChI is InChI=1S/C20H22N2S2/c1-2-3-11-23-14-24-20-18(13-21)17(15-7-5-4-6-8-15)12-19(22-20)16-9-10-16/h4-8,12,16H,2-3,9-11,14H2,1H3. The van der Waals surface area contributed by atoms with Gasteiger partial charge in [-0.05, 0) is 36.6 Å². The second-order valence-electron chi connectivity index (χ2n) is 6.05. The van der Waals surface area contributed by atoms with Gasteiger partial charge < -0.3 is 0 Å². The molecule has 1 aliphatic rings. The van der Waals surface area contributed by atoms with Crippen LogP contribution in [-0.4, -0.2) is 15.8 Å². The van der Waals surface area contributed by atoms with Crippen molar-refractivity contribution in [2.24, 2.45) is 0 Å². The first-order valence-electron chi connectivity index (χ1n) is 8.54. The van der Waals surface area contributed by atoms with Crippen molar-refractivity contribution in [2.45, 2.75) is 43.6 Å². The summed E-state index contributed by atoms with van der Waals surface area (Å²) in [5.74, 6) is 1.77. The van der Waals surface area contributed by atoms with Gasteiger partial charge >= 0.3 is 0 Å². The fourth-order valence-electron chi connectivity index (χ4n) is 2.59. The van der Waals surface area contributed by atoms with Crippen molar-refractivity contribution < 1.29 is 0 Å². The zero-order valence-electron chi connectivity index (χ0n) is 14.0. The van der Waals surface area contributed by atoms with E-state index in [9.17, 15) is 5.26 Å². The van der Waals surface area contributed by atoms with Crippen LogP contribution in [0.2, 0.25) is 0 Å². The largest absolute Gasteiger partial charge is 0.245 e. The van der Waals surface area contributed by atoms with Crippen molar-refractivity contribution in [3.8, 4) is 17.2 Å². The molecule has 0 N–H and O–H groups in total. The molecule has 1 saturated carbocycles. The van der Waals surface area contributed by atoms with E-state index < -0.39 is 0 Å². The normalized spacial score (nSPS) is 13.7. The van der Waals surface area contributed by atoms with Crippen molar-refractivity contribution in [1.29, 1.82) is 5.26 Å². The van der Waals surface area contributed by atoms with Gasteiger partial charge in [0.2, 0.25) is 0 Å². The van der Waals surface area contributed by atoms with Crippen LogP contribution in [0.1, 0.15) is 49.8 Å². The van der Waals surface area contributed by atoms with Crippen LogP contribution in [0.15, 0.2) is 41.4 Å². The molecule has 4 heteroatoms. The molecule has 1 aliphatic carbocycles. The highest BCUT2D eigenvalue weighted by atomic mass is 32.2. The minimum atomic E-state index is 0.590. The van der Waals surface area contributed by atoms with Crippen LogP contribution < -0.4 is 0 Å². The summed E-state index contributed by atoms with van der Waals surface area (Å²) >= 11 is 3.66. The molecule has 0 atom stereocenters. The SMILES string of the molecule is CCCCSCSc1nc(C2CC2)cc(-c2ccccc2)c1C#N. The lowest BCUT2D eigenvalue weighted by Crippen LogP contribution is -1.97. The molecule has 0 aliphatic heterocycles. The topological polar surface area (TPSA) is 36.7 Å². The van der Waals surface area contributed by atoms with Crippen LogP contribution in [0.3, 0.4) is 0 Å². The summed E-state index contributed by atoms with van der Waals surface area (Å²) in [7, 11) is 0. The number of thioether (sulfide) groups is 2. The quantitative estimate of drug-likeness (QED) is 0.327. The summed E-state index contributed by atoms with van der Waals surface area (Å²) in [6.07, 6.45) is 4.93. The molecule has 2 aromatic rings. The first-order valence-corrected chi connectivity index (χ1v) is 10.7. The van der Waals surface area contributed by atoms with E-state index in [1.165, 1.54) is 31.4 Å². The Morgan fingerprint density at radius 3 is 2.71 bits per heavy atom. The average molecular weight is 355 g/mol. The lowest BCUT2D eigenvalue weighted by Gasteiger charge is -2.12. The third kappa shape index (κ3) is 4.34. The van der Waals surface area contributed by atoms with Gasteiger partial charge in [-0.25, -0.2) is 4.98 Å². The monoisotopic (exact) mass is 354 g/mol. The van der Waals surface area contributed by atoms with Gasteiger partial charge in [-0.1, -0.05) is 55.4 Å². The molecule has 1 heterocycles. The van der Waals surface area contributed by atoms with E-state index in [1.807, 2.05) is 30.0 Å². The number of aromatic nitrogens is 1. The minimum absolute atomic E-state index is 0.590. The summed E-state index contributed by atoms with van der Waals surface area (Å²) < 4.78 is 0. The Balaban J connectivity index is 1.89. The molecule has 124 valence electrons. The fraction of sp³-hybridized carbons (Fsp3) is 0.400. The Kier molecular flexibility index (Phi) is 6.23. The minimum Gasteiger partial charge on any atom is -0.245 e. The van der Waals surface area contributed by atoms with Crippen LogP contribution in [0.5, 0.6) is 0 Å². The molecular weight excluding hydrogens is 332 g/mol. The van der Waals surface area contributed by atoms with Gasteiger partial charge in [0.1, 0.15) is 11.1 Å². The van der Waals surface area contributed by atoms with Gasteiger partial charge in [0, 0.05) is 22.3 Å². The summed E-state index contributed by atoms with van der Waals surface area (Å²) in [5, 5.41) is 11.6. The number of nitriles is 1. The average Bonchev–Trinajstić information content (AvgIpc) is 3.46. The van der Waals surface area contributed by atoms with Crippen LogP contribution >= 0.6 is 23.5 Å². The van der Waals surface area contributed by atoms with Crippen molar-refractivity contribution >= 4 is 23.5 Å². The van der Waals surface area contributed by atoms with Crippen molar-refractivity contribution in [3.63, 3.8) is 0 Å². The molecule has 0 bridgehead atoms. The lowest BCUT2D eigenvalue weighted by atomic mass is 10.0. The Hall–Kier alpha value is -1.44. The van der Waals surface area contributed by atoms with Crippen molar-refractivity contribution in [3.05, 3.63) is 47.7 Å². The van der Waals surface area contributed by atoms with E-state index in [0.29, 0.717) is 5.92 Å². The molecule has 0 unspecified atom stereocenters. The molecule has 1 fully saturated rings. The fourth-order valence-corrected chi connectivity index (χ4v) is 4.80. The molecule has 0 radical (unpaired) electrons. The van der Waals surface area contributed by atoms with Gasteiger partial charge in [-0.15, -0.1) is 0 Å². The third-order valence-electron chi connectivity index (χ3n) is 4.12. The maximum Gasteiger partial charge on any atom is 0.116 e. The highest BCUT2D eigenvalue weighted by Gasteiger charge is 2.27. The number of hydrogen-bond acceptors (Lipinski definition) is 4. The Morgan fingerprint density at radius 1 is 1.25 bits per heavy atom. The van der Waals surface area contributed by atoms with Gasteiger partial charge in [-0.3, -0.25) is 0 Å². The van der Waals surface area contributed by atoms with Gasteiger partial charge in [0.05, 0.1) is 5.56 Å². The number of benzene rings is 1. The Morgan fingerprint density at radius 2 is 2.04 bits per heavy atom. The van der Waals surface area contributed by atoms with E-state index in [4.69, 9.17) is 4.98 Å². The molecule has 2 nitrogen and oxygen atoms in total. The molecular formula is C20H22N2S2. The van der Waals surface area contributed by atoms with Crippen LogP contribution in [-0.2, 0) is 0 Å². The van der Waals surface area contributed by atoms with E-state index in [1.54, 1.807) is 11.8 Å². The van der Waals surface area contributed by atoms with Crippen molar-refractivity contribution in [2.75, 3.05) is 10.8 Å². The zero-order chi connectivity index (χ0) is 16.8. The molecule has 1 aromatic heterocycles. The van der Waals surface area contributed by atoms with Crippen LogP contribution in [0.25, 0.3) is 11.1 Å². The predicted molar refractivity (Wildman–Crippen MR) is 104 cm³/mol. The number of hydrogen-bond donors (Lipinski definition) is 0. The van der Waals surface area contributed by atoms with Gasteiger partial charge in [-0.2, -0.15) is 17.0 Å². The number of rotatable bonds is 8. The zero-order valence-corrected chi connectivity index (χ0v) is 15.6. The lowest BCUT2D eigenvalue weighted by molar-refractivity contribution is 0.897. The van der Waals surface area contributed by atoms with E-state index in [2.05, 4.69) is 31.2 Å². The summed E-state index contributed by atoms with van der Waals surface area (Å²) in [4.78, 5) is 4.84. The maximum atomic E-state index is 9.74. The maximum absolute atomic E-state index is 9.74. The Bertz CT molecular complexity index is 718. The summed E-state index contributed by atoms with van der Waals surface area (Å²) in [6.45, 7) is 2.22. The first kappa shape index (κ1) is 17.4. The van der Waals surface area contributed by atoms with Crippen molar-refractivity contribution in [1.82, 2.24) is 4.98 Å². The predicted octanol–water partition coefficient (Wildman–Crippen LogP) is 6.08. The number of nitrogens with zero attached hydrogens (tertiary/aromatic N) is 2. The van der Waals surface area contributed by atoms with E-state index >= 15 is 0 Å². The summed E-state index contributed by atoms with van der Waals surface area (Å²) in [6, 6.07) is 14.8. The highest BCUT2D eigenvalue weighted by molar-refractivity contribution is 8.15. The first-order chi connectivity index (χ1) is 11.8. The van der Waals surface area contributed by atoms with E-state index in [0.717, 1.165) is 32.5 Å². The summed E-state index contributed by atoms with van der Waals surface area (Å²) in [5.41, 5.74) is 4.04. The highest BCUT2D eigenvalue weighted by Crippen LogP contribution is 2.42. The molecule has 24 heavy (non-hydrogen) atoms. The third-order valence-corrected chi connectivity index (χ3v) is 6.40. The second kappa shape index (κ2) is 8.60. The van der Waals surface area contributed by atoms with E-state index in [-0.39, 0.29) is 0 Å². The Labute approximate surface area is 153 Å². The molecule has 3 rings (SSSR count). The van der Waals surface area contributed by atoms with Crippen LogP contribution in [0.4, 0.5) is 0 Å². The van der Waals surface area contributed by atoms with Crippen LogP contribution in [0, 0.1) is 11.3 Å². The number of unbranched alkanes of at least 4 members (excludes halogenated alkanes) is 1. The molecule has 0 spiro atoms. The second-order valence-corrected chi connectivity index (χ2v) is 8.49. The molecule has 1 aromatic carbocycles. The number of pyridine rings is 1. The van der Waals surface area contributed by atoms with Gasteiger partial charge in [0.15, 0.2) is 0 Å².